The van der Waals surface area contributed by atoms with Crippen LogP contribution in [0.5, 0.6) is 0 Å². The molecule has 0 radical (unpaired) electrons. The van der Waals surface area contributed by atoms with E-state index in [0.717, 1.165) is 44.9 Å². The van der Waals surface area contributed by atoms with E-state index in [-0.39, 0.29) is 30.6 Å². The Bertz CT molecular complexity index is 304. The Morgan fingerprint density at radius 1 is 1.32 bits per heavy atom. The summed E-state index contributed by atoms with van der Waals surface area (Å²) < 4.78 is 0.316. The molecule has 1 rings (SSSR count). The lowest BCUT2D eigenvalue weighted by Gasteiger charge is -2.22. The molecular weight excluding hydrogens is 409 g/mol. The average molecular weight is 443 g/mol. The van der Waals surface area contributed by atoms with Gasteiger partial charge in [-0.1, -0.05) is 13.3 Å². The van der Waals surface area contributed by atoms with Gasteiger partial charge in [0.1, 0.15) is 0 Å². The van der Waals surface area contributed by atoms with Crippen LogP contribution < -0.4 is 10.6 Å². The topological polar surface area (TPSA) is 56.6 Å². The smallest absolute Gasteiger partial charge is 0.191 e. The quantitative estimate of drug-likeness (QED) is 0.291. The van der Waals surface area contributed by atoms with E-state index in [0.29, 0.717) is 10.7 Å². The van der Waals surface area contributed by atoms with Gasteiger partial charge >= 0.3 is 0 Å². The van der Waals surface area contributed by atoms with E-state index in [4.69, 9.17) is 10.1 Å². The number of aliphatic hydroxyl groups is 1. The number of halogens is 1. The summed E-state index contributed by atoms with van der Waals surface area (Å²) in [5.74, 6) is 2.72. The summed E-state index contributed by atoms with van der Waals surface area (Å²) >= 11 is 2.05. The molecule has 1 heterocycles. The lowest BCUT2D eigenvalue weighted by Crippen LogP contribution is -2.41. The van der Waals surface area contributed by atoms with Crippen molar-refractivity contribution in [1.82, 2.24) is 10.6 Å². The van der Waals surface area contributed by atoms with Gasteiger partial charge in [0.15, 0.2) is 5.96 Å². The van der Waals surface area contributed by atoms with Crippen molar-refractivity contribution in [1.29, 1.82) is 0 Å². The zero-order valence-electron chi connectivity index (χ0n) is 14.4. The van der Waals surface area contributed by atoms with Crippen LogP contribution in [0.4, 0.5) is 0 Å². The zero-order chi connectivity index (χ0) is 15.6. The molecule has 0 spiro atoms. The molecule has 2 unspecified atom stereocenters. The van der Waals surface area contributed by atoms with Gasteiger partial charge in [-0.05, 0) is 51.2 Å². The lowest BCUT2D eigenvalue weighted by atomic mass is 10.0. The molecule has 0 aromatic rings. The summed E-state index contributed by atoms with van der Waals surface area (Å²) in [4.78, 5) is 4.77. The van der Waals surface area contributed by atoms with Crippen molar-refractivity contribution in [2.75, 3.05) is 32.0 Å². The molecule has 1 fully saturated rings. The second-order valence-electron chi connectivity index (χ2n) is 6.14. The fourth-order valence-corrected chi connectivity index (χ4v) is 3.96. The van der Waals surface area contributed by atoms with Crippen molar-refractivity contribution in [3.05, 3.63) is 0 Å². The predicted octanol–water partition coefficient (Wildman–Crippen LogP) is 3.24. The van der Waals surface area contributed by atoms with Gasteiger partial charge in [0.05, 0.1) is 6.54 Å². The Balaban J connectivity index is 0.00000441. The third-order valence-corrected chi connectivity index (χ3v) is 5.53. The summed E-state index contributed by atoms with van der Waals surface area (Å²) in [5.41, 5.74) is 0. The third kappa shape index (κ3) is 8.82. The first-order chi connectivity index (χ1) is 10.1. The van der Waals surface area contributed by atoms with E-state index in [1.165, 1.54) is 18.6 Å². The van der Waals surface area contributed by atoms with E-state index < -0.39 is 0 Å². The molecule has 6 heteroatoms. The van der Waals surface area contributed by atoms with Crippen LogP contribution in [0.3, 0.4) is 0 Å². The zero-order valence-corrected chi connectivity index (χ0v) is 17.5. The highest BCUT2D eigenvalue weighted by Gasteiger charge is 2.29. The molecule has 1 saturated heterocycles. The maximum Gasteiger partial charge on any atom is 0.191 e. The van der Waals surface area contributed by atoms with Gasteiger partial charge in [-0.15, -0.1) is 24.0 Å². The van der Waals surface area contributed by atoms with Crippen LogP contribution in [-0.4, -0.2) is 47.8 Å². The highest BCUT2D eigenvalue weighted by molar-refractivity contribution is 14.0. The fourth-order valence-electron chi connectivity index (χ4n) is 2.73. The Labute approximate surface area is 157 Å². The first-order valence-corrected chi connectivity index (χ1v) is 9.39. The number of aliphatic hydroxyl groups excluding tert-OH is 1. The van der Waals surface area contributed by atoms with E-state index in [2.05, 4.69) is 31.4 Å². The molecule has 2 atom stereocenters. The monoisotopic (exact) mass is 443 g/mol. The molecule has 3 N–H and O–H groups in total. The van der Waals surface area contributed by atoms with Gasteiger partial charge in [-0.25, -0.2) is 0 Å². The molecule has 0 saturated carbocycles. The van der Waals surface area contributed by atoms with Gasteiger partial charge in [-0.2, -0.15) is 11.8 Å². The summed E-state index contributed by atoms with van der Waals surface area (Å²) in [6.07, 6.45) is 5.77. The summed E-state index contributed by atoms with van der Waals surface area (Å²) in [7, 11) is 0. The van der Waals surface area contributed by atoms with Crippen LogP contribution in [0, 0.1) is 5.92 Å². The van der Waals surface area contributed by atoms with Crippen LogP contribution in [0.15, 0.2) is 4.99 Å². The van der Waals surface area contributed by atoms with Crippen LogP contribution in [0.25, 0.3) is 0 Å². The Hall–Kier alpha value is 0.310. The largest absolute Gasteiger partial charge is 0.396 e. The SMILES string of the molecule is CCCC(CCO)CNC(=NCC1(C)CCCS1)NCC.I. The first-order valence-electron chi connectivity index (χ1n) is 8.40. The minimum absolute atomic E-state index is 0. The maximum atomic E-state index is 9.14. The lowest BCUT2D eigenvalue weighted by molar-refractivity contribution is 0.251. The van der Waals surface area contributed by atoms with Gasteiger partial charge in [-0.3, -0.25) is 4.99 Å². The fraction of sp³-hybridized carbons (Fsp3) is 0.938. The number of aliphatic imine (C=N–C) groups is 1. The molecule has 1 aliphatic rings. The molecule has 0 aliphatic carbocycles. The molecular formula is C16H34IN3OS. The van der Waals surface area contributed by atoms with Crippen molar-refractivity contribution in [2.24, 2.45) is 10.9 Å². The highest BCUT2D eigenvalue weighted by Crippen LogP contribution is 2.37. The van der Waals surface area contributed by atoms with E-state index >= 15 is 0 Å². The second-order valence-corrected chi connectivity index (χ2v) is 7.83. The number of nitrogens with one attached hydrogen (secondary N) is 2. The molecule has 1 aliphatic heterocycles. The van der Waals surface area contributed by atoms with Crippen LogP contribution in [0.2, 0.25) is 0 Å². The minimum Gasteiger partial charge on any atom is -0.396 e. The van der Waals surface area contributed by atoms with E-state index in [1.54, 1.807) is 0 Å². The predicted molar refractivity (Wildman–Crippen MR) is 110 cm³/mol. The second kappa shape index (κ2) is 12.7. The highest BCUT2D eigenvalue weighted by atomic mass is 127. The number of rotatable bonds is 9. The van der Waals surface area contributed by atoms with Crippen LogP contribution in [0.1, 0.15) is 52.9 Å². The van der Waals surface area contributed by atoms with Gasteiger partial charge in [0.2, 0.25) is 0 Å². The molecule has 0 aromatic heterocycles. The Kier molecular flexibility index (Phi) is 12.9. The van der Waals surface area contributed by atoms with Crippen molar-refractivity contribution >= 4 is 41.7 Å². The van der Waals surface area contributed by atoms with Crippen molar-refractivity contribution in [2.45, 2.75) is 57.6 Å². The normalized spacial score (nSPS) is 23.0. The number of hydrogen-bond donors (Lipinski definition) is 3. The minimum atomic E-state index is 0. The number of hydrogen-bond acceptors (Lipinski definition) is 3. The van der Waals surface area contributed by atoms with Crippen LogP contribution in [-0.2, 0) is 0 Å². The summed E-state index contributed by atoms with van der Waals surface area (Å²) in [5, 5.41) is 15.9. The standard InChI is InChI=1S/C16H33N3OS.HI/c1-4-7-14(8-10-20)12-18-15(17-5-2)19-13-16(3)9-6-11-21-16;/h14,20H,4-13H2,1-3H3,(H2,17,18,19);1H. The maximum absolute atomic E-state index is 9.14. The van der Waals surface area contributed by atoms with Crippen molar-refractivity contribution < 1.29 is 5.11 Å². The molecule has 0 bridgehead atoms. The van der Waals surface area contributed by atoms with Crippen molar-refractivity contribution in [3.8, 4) is 0 Å². The van der Waals surface area contributed by atoms with Gasteiger partial charge < -0.3 is 15.7 Å². The molecule has 0 aromatic carbocycles. The molecule has 0 amide bonds. The summed E-state index contributed by atoms with van der Waals surface area (Å²) in [6.45, 7) is 9.55. The average Bonchev–Trinajstić information content (AvgIpc) is 2.89. The number of nitrogens with zero attached hydrogens (tertiary/aromatic N) is 1. The van der Waals surface area contributed by atoms with Crippen molar-refractivity contribution in [3.63, 3.8) is 0 Å². The molecule has 4 nitrogen and oxygen atoms in total. The van der Waals surface area contributed by atoms with E-state index in [1.807, 2.05) is 11.8 Å². The molecule has 132 valence electrons. The van der Waals surface area contributed by atoms with Gasteiger partial charge in [0, 0.05) is 24.4 Å². The Morgan fingerprint density at radius 2 is 2.09 bits per heavy atom. The first kappa shape index (κ1) is 22.3. The number of guanidine groups is 1. The summed E-state index contributed by atoms with van der Waals surface area (Å²) in [6, 6.07) is 0. The molecule has 22 heavy (non-hydrogen) atoms. The van der Waals surface area contributed by atoms with E-state index in [9.17, 15) is 0 Å². The Morgan fingerprint density at radius 3 is 2.64 bits per heavy atom. The van der Waals surface area contributed by atoms with Gasteiger partial charge in [0.25, 0.3) is 0 Å². The third-order valence-electron chi connectivity index (χ3n) is 4.01. The van der Waals surface area contributed by atoms with Crippen LogP contribution >= 0.6 is 35.7 Å². The number of thioether (sulfide) groups is 1.